The Balaban J connectivity index is 1.80. The van der Waals surface area contributed by atoms with E-state index in [1.54, 1.807) is 6.20 Å². The van der Waals surface area contributed by atoms with Crippen LogP contribution in [0, 0.1) is 5.92 Å². The van der Waals surface area contributed by atoms with Crippen molar-refractivity contribution < 1.29 is 4.79 Å². The summed E-state index contributed by atoms with van der Waals surface area (Å²) in [6.45, 7) is 0.830. The van der Waals surface area contributed by atoms with Gasteiger partial charge in [0.25, 0.3) is 5.91 Å². The fraction of sp³-hybridized carbons (Fsp3) is 0.600. The molecule has 2 aliphatic rings. The number of pyridine rings is 1. The van der Waals surface area contributed by atoms with E-state index < -0.39 is 0 Å². The molecule has 2 fully saturated rings. The molecule has 0 radical (unpaired) electrons. The molecule has 3 rings (SSSR count). The maximum Gasteiger partial charge on any atom is 0.270 e. The summed E-state index contributed by atoms with van der Waals surface area (Å²) in [7, 11) is 0. The summed E-state index contributed by atoms with van der Waals surface area (Å²) >= 11 is 0. The summed E-state index contributed by atoms with van der Waals surface area (Å²) in [6.07, 6.45) is 8.85. The molecular formula is C15H20N2O2. The van der Waals surface area contributed by atoms with Crippen LogP contribution in [-0.4, -0.2) is 28.4 Å². The van der Waals surface area contributed by atoms with Crippen LogP contribution in [0.25, 0.3) is 0 Å². The van der Waals surface area contributed by atoms with E-state index in [1.807, 2.05) is 4.90 Å². The number of nitrogens with zero attached hydrogens (tertiary/aromatic N) is 1. The molecule has 1 saturated carbocycles. The summed E-state index contributed by atoms with van der Waals surface area (Å²) in [6, 6.07) is 3.24. The van der Waals surface area contributed by atoms with E-state index in [0.717, 1.165) is 19.4 Å². The first kappa shape index (κ1) is 12.5. The van der Waals surface area contributed by atoms with Gasteiger partial charge in [-0.2, -0.15) is 0 Å². The van der Waals surface area contributed by atoms with E-state index in [-0.39, 0.29) is 11.3 Å². The van der Waals surface area contributed by atoms with Crippen molar-refractivity contribution in [1.29, 1.82) is 0 Å². The molecule has 1 aliphatic heterocycles. The average Bonchev–Trinajstić information content (AvgIpc) is 3.08. The van der Waals surface area contributed by atoms with Crippen molar-refractivity contribution in [3.05, 3.63) is 34.2 Å². The molecule has 0 spiro atoms. The second-order valence-electron chi connectivity index (χ2n) is 5.69. The molecule has 1 aromatic heterocycles. The minimum Gasteiger partial charge on any atom is -0.357 e. The van der Waals surface area contributed by atoms with E-state index >= 15 is 0 Å². The van der Waals surface area contributed by atoms with Crippen LogP contribution in [0.4, 0.5) is 0 Å². The number of nitrogens with one attached hydrogen (secondary N) is 1. The fourth-order valence-corrected chi connectivity index (χ4v) is 3.60. The second-order valence-corrected chi connectivity index (χ2v) is 5.69. The first-order valence-electron chi connectivity index (χ1n) is 7.25. The number of carbonyl (C=O) groups is 1. The van der Waals surface area contributed by atoms with Gasteiger partial charge in [-0.15, -0.1) is 0 Å². The molecule has 102 valence electrons. The minimum atomic E-state index is -0.112. The number of likely N-dealkylation sites (tertiary alicyclic amines) is 1. The number of rotatable bonds is 2. The van der Waals surface area contributed by atoms with Crippen molar-refractivity contribution in [2.24, 2.45) is 5.92 Å². The summed E-state index contributed by atoms with van der Waals surface area (Å²) in [5.74, 6) is 0.661. The molecule has 1 aromatic rings. The molecule has 19 heavy (non-hydrogen) atoms. The lowest BCUT2D eigenvalue weighted by atomic mass is 9.96. The van der Waals surface area contributed by atoms with E-state index in [0.29, 0.717) is 17.7 Å². The maximum atomic E-state index is 12.5. The summed E-state index contributed by atoms with van der Waals surface area (Å²) in [5.41, 5.74) is 0.316. The molecule has 1 saturated heterocycles. The standard InChI is InChI=1S/C15H20N2O2/c18-12-7-8-16-13(10-12)15(19)17-9-3-6-14(17)11-4-1-2-5-11/h7-8,10-11,14H,1-6,9H2,(H,16,18). The van der Waals surface area contributed by atoms with Crippen LogP contribution in [-0.2, 0) is 0 Å². The Bertz CT molecular complexity index is 517. The van der Waals surface area contributed by atoms with Crippen molar-refractivity contribution in [3.63, 3.8) is 0 Å². The van der Waals surface area contributed by atoms with Crippen LogP contribution in [0.15, 0.2) is 23.1 Å². The molecule has 1 unspecified atom stereocenters. The Hall–Kier alpha value is -1.58. The molecule has 1 amide bonds. The van der Waals surface area contributed by atoms with Gasteiger partial charge in [-0.25, -0.2) is 0 Å². The van der Waals surface area contributed by atoms with Gasteiger partial charge >= 0.3 is 0 Å². The largest absolute Gasteiger partial charge is 0.357 e. The Morgan fingerprint density at radius 2 is 2.00 bits per heavy atom. The second kappa shape index (κ2) is 5.19. The van der Waals surface area contributed by atoms with Crippen LogP contribution < -0.4 is 5.43 Å². The first-order chi connectivity index (χ1) is 9.25. The van der Waals surface area contributed by atoms with Gasteiger partial charge in [0.2, 0.25) is 0 Å². The number of carbonyl (C=O) groups excluding carboxylic acids is 1. The smallest absolute Gasteiger partial charge is 0.270 e. The van der Waals surface area contributed by atoms with Crippen molar-refractivity contribution >= 4 is 5.91 Å². The third-order valence-corrected chi connectivity index (χ3v) is 4.51. The lowest BCUT2D eigenvalue weighted by Gasteiger charge is -2.29. The third-order valence-electron chi connectivity index (χ3n) is 4.51. The van der Waals surface area contributed by atoms with Crippen molar-refractivity contribution in [2.45, 2.75) is 44.6 Å². The SMILES string of the molecule is O=C(c1cc(=O)cc[nH]1)N1CCCC1C1CCCC1. The number of aromatic nitrogens is 1. The Labute approximate surface area is 112 Å². The molecule has 1 aliphatic carbocycles. The van der Waals surface area contributed by atoms with Crippen LogP contribution >= 0.6 is 0 Å². The van der Waals surface area contributed by atoms with Crippen molar-refractivity contribution in [3.8, 4) is 0 Å². The zero-order chi connectivity index (χ0) is 13.2. The predicted molar refractivity (Wildman–Crippen MR) is 73.1 cm³/mol. The molecular weight excluding hydrogens is 240 g/mol. The predicted octanol–water partition coefficient (Wildman–Crippen LogP) is 2.17. The number of aromatic amines is 1. The summed E-state index contributed by atoms with van der Waals surface area (Å²) < 4.78 is 0. The first-order valence-corrected chi connectivity index (χ1v) is 7.25. The highest BCUT2D eigenvalue weighted by Crippen LogP contribution is 2.35. The molecule has 1 atom stereocenters. The van der Waals surface area contributed by atoms with Crippen molar-refractivity contribution in [1.82, 2.24) is 9.88 Å². The van der Waals surface area contributed by atoms with E-state index in [4.69, 9.17) is 0 Å². The molecule has 4 heteroatoms. The zero-order valence-corrected chi connectivity index (χ0v) is 11.1. The summed E-state index contributed by atoms with van der Waals surface area (Å²) in [4.78, 5) is 28.8. The highest BCUT2D eigenvalue weighted by molar-refractivity contribution is 5.92. The molecule has 2 heterocycles. The van der Waals surface area contributed by atoms with E-state index in [9.17, 15) is 9.59 Å². The lowest BCUT2D eigenvalue weighted by molar-refractivity contribution is 0.0683. The fourth-order valence-electron chi connectivity index (χ4n) is 3.60. The Kier molecular flexibility index (Phi) is 3.40. The Morgan fingerprint density at radius 1 is 1.21 bits per heavy atom. The van der Waals surface area contributed by atoms with Gasteiger partial charge in [0, 0.05) is 30.9 Å². The number of hydrogen-bond acceptors (Lipinski definition) is 2. The van der Waals surface area contributed by atoms with Gasteiger partial charge < -0.3 is 9.88 Å². The molecule has 4 nitrogen and oxygen atoms in total. The highest BCUT2D eigenvalue weighted by atomic mass is 16.2. The average molecular weight is 260 g/mol. The summed E-state index contributed by atoms with van der Waals surface area (Å²) in [5, 5.41) is 0. The van der Waals surface area contributed by atoms with Gasteiger partial charge in [0.1, 0.15) is 5.69 Å². The third kappa shape index (κ3) is 2.44. The topological polar surface area (TPSA) is 53.2 Å². The minimum absolute atomic E-state index is 0.00731. The molecule has 0 aromatic carbocycles. The normalized spacial score (nSPS) is 24.0. The van der Waals surface area contributed by atoms with E-state index in [1.165, 1.54) is 37.8 Å². The maximum absolute atomic E-state index is 12.5. The lowest BCUT2D eigenvalue weighted by Crippen LogP contribution is -2.40. The molecule has 1 N–H and O–H groups in total. The van der Waals surface area contributed by atoms with Gasteiger partial charge in [-0.05, 0) is 31.6 Å². The van der Waals surface area contributed by atoms with Crippen LogP contribution in [0.2, 0.25) is 0 Å². The van der Waals surface area contributed by atoms with Crippen LogP contribution in [0.3, 0.4) is 0 Å². The van der Waals surface area contributed by atoms with Crippen LogP contribution in [0.5, 0.6) is 0 Å². The number of H-pyrrole nitrogens is 1. The van der Waals surface area contributed by atoms with E-state index in [2.05, 4.69) is 4.98 Å². The highest BCUT2D eigenvalue weighted by Gasteiger charge is 2.36. The van der Waals surface area contributed by atoms with Gasteiger partial charge in [0.05, 0.1) is 0 Å². The van der Waals surface area contributed by atoms with Gasteiger partial charge in [-0.1, -0.05) is 12.8 Å². The van der Waals surface area contributed by atoms with Crippen LogP contribution in [0.1, 0.15) is 49.0 Å². The monoisotopic (exact) mass is 260 g/mol. The Morgan fingerprint density at radius 3 is 2.74 bits per heavy atom. The quantitative estimate of drug-likeness (QED) is 0.886. The van der Waals surface area contributed by atoms with Gasteiger partial charge in [0.15, 0.2) is 5.43 Å². The molecule has 0 bridgehead atoms. The van der Waals surface area contributed by atoms with Crippen molar-refractivity contribution in [2.75, 3.05) is 6.54 Å². The van der Waals surface area contributed by atoms with Gasteiger partial charge in [-0.3, -0.25) is 9.59 Å². The zero-order valence-electron chi connectivity index (χ0n) is 11.1. The number of amides is 1. The number of hydrogen-bond donors (Lipinski definition) is 1.